The van der Waals surface area contributed by atoms with Gasteiger partial charge in [-0.05, 0) is 42.8 Å². The van der Waals surface area contributed by atoms with E-state index in [1.54, 1.807) is 11.8 Å². The van der Waals surface area contributed by atoms with Crippen LogP contribution in [0.4, 0.5) is 0 Å². The molecule has 1 atom stereocenters. The molecule has 3 aromatic rings. The Hall–Kier alpha value is -3.12. The topological polar surface area (TPSA) is 50.6 Å². The van der Waals surface area contributed by atoms with Crippen LogP contribution in [0, 0.1) is 0 Å². The SMILES string of the molecule is COc1ccc(-c2cc(C(=O)N3CCN([C@@H](C)c4ccccc4)CC3)n(C)n2)cc1. The lowest BCUT2D eigenvalue weighted by Crippen LogP contribution is -2.49. The van der Waals surface area contributed by atoms with Crippen molar-refractivity contribution in [3.63, 3.8) is 0 Å². The van der Waals surface area contributed by atoms with Crippen LogP contribution in [0.3, 0.4) is 0 Å². The molecular formula is C24H28N4O2. The van der Waals surface area contributed by atoms with E-state index in [-0.39, 0.29) is 5.91 Å². The first-order valence-corrected chi connectivity index (χ1v) is 10.3. The Morgan fingerprint density at radius 1 is 1.00 bits per heavy atom. The number of benzene rings is 2. The van der Waals surface area contributed by atoms with Crippen molar-refractivity contribution in [1.82, 2.24) is 19.6 Å². The molecule has 0 bridgehead atoms. The van der Waals surface area contributed by atoms with Crippen LogP contribution in [-0.4, -0.2) is 58.8 Å². The van der Waals surface area contributed by atoms with Gasteiger partial charge in [0.2, 0.25) is 0 Å². The molecule has 2 heterocycles. The summed E-state index contributed by atoms with van der Waals surface area (Å²) in [6.07, 6.45) is 0. The van der Waals surface area contributed by atoms with E-state index in [9.17, 15) is 4.79 Å². The van der Waals surface area contributed by atoms with Crippen molar-refractivity contribution in [3.05, 3.63) is 71.9 Å². The average molecular weight is 405 g/mol. The smallest absolute Gasteiger partial charge is 0.272 e. The first-order chi connectivity index (χ1) is 14.6. The van der Waals surface area contributed by atoms with Crippen LogP contribution in [0.25, 0.3) is 11.3 Å². The molecule has 1 aliphatic rings. The number of aryl methyl sites for hydroxylation is 1. The van der Waals surface area contributed by atoms with Gasteiger partial charge in [-0.3, -0.25) is 14.4 Å². The standard InChI is InChI=1S/C24H28N4O2/c1-18(19-7-5-4-6-8-19)27-13-15-28(16-14-27)24(29)23-17-22(25-26(23)2)20-9-11-21(30-3)12-10-20/h4-12,17-18H,13-16H2,1-3H3/t18-/m0/s1. The number of methoxy groups -OCH3 is 1. The number of hydrogen-bond donors (Lipinski definition) is 0. The molecule has 1 amide bonds. The fraction of sp³-hybridized carbons (Fsp3) is 0.333. The zero-order valence-corrected chi connectivity index (χ0v) is 17.8. The van der Waals surface area contributed by atoms with E-state index in [1.807, 2.05) is 48.3 Å². The van der Waals surface area contributed by atoms with Gasteiger partial charge >= 0.3 is 0 Å². The molecule has 0 saturated carbocycles. The average Bonchev–Trinajstić information content (AvgIpc) is 3.20. The van der Waals surface area contributed by atoms with Gasteiger partial charge in [0.1, 0.15) is 11.4 Å². The predicted octanol–water partition coefficient (Wildman–Crippen LogP) is 3.61. The summed E-state index contributed by atoms with van der Waals surface area (Å²) in [6.45, 7) is 5.41. The zero-order chi connectivity index (χ0) is 21.1. The van der Waals surface area contributed by atoms with Crippen LogP contribution < -0.4 is 4.74 Å². The molecule has 1 fully saturated rings. The monoisotopic (exact) mass is 404 g/mol. The minimum atomic E-state index is 0.0387. The molecule has 30 heavy (non-hydrogen) atoms. The molecule has 0 aliphatic carbocycles. The van der Waals surface area contributed by atoms with Gasteiger partial charge < -0.3 is 9.64 Å². The van der Waals surface area contributed by atoms with Gasteiger partial charge in [0.05, 0.1) is 12.8 Å². The number of rotatable bonds is 5. The van der Waals surface area contributed by atoms with Crippen molar-refractivity contribution >= 4 is 5.91 Å². The summed E-state index contributed by atoms with van der Waals surface area (Å²) < 4.78 is 6.90. The van der Waals surface area contributed by atoms with Gasteiger partial charge in [-0.25, -0.2) is 0 Å². The molecule has 2 aromatic carbocycles. The van der Waals surface area contributed by atoms with Gasteiger partial charge in [0, 0.05) is 44.8 Å². The highest BCUT2D eigenvalue weighted by molar-refractivity contribution is 5.93. The van der Waals surface area contributed by atoms with E-state index >= 15 is 0 Å². The molecule has 156 valence electrons. The van der Waals surface area contributed by atoms with Gasteiger partial charge in [-0.2, -0.15) is 5.10 Å². The molecule has 6 heteroatoms. The Balaban J connectivity index is 1.42. The van der Waals surface area contributed by atoms with Crippen LogP contribution in [0.2, 0.25) is 0 Å². The fourth-order valence-electron chi connectivity index (χ4n) is 3.99. The minimum absolute atomic E-state index is 0.0387. The molecule has 0 unspecified atom stereocenters. The molecule has 4 rings (SSSR count). The molecule has 1 saturated heterocycles. The maximum atomic E-state index is 13.1. The molecule has 0 N–H and O–H groups in total. The third-order valence-corrected chi connectivity index (χ3v) is 5.92. The number of piperazine rings is 1. The molecule has 6 nitrogen and oxygen atoms in total. The van der Waals surface area contributed by atoms with Crippen molar-refractivity contribution in [3.8, 4) is 17.0 Å². The van der Waals surface area contributed by atoms with Crippen LogP contribution >= 0.6 is 0 Å². The third-order valence-electron chi connectivity index (χ3n) is 5.92. The highest BCUT2D eigenvalue weighted by atomic mass is 16.5. The Morgan fingerprint density at radius 3 is 2.30 bits per heavy atom. The number of hydrogen-bond acceptors (Lipinski definition) is 4. The van der Waals surface area contributed by atoms with Crippen molar-refractivity contribution < 1.29 is 9.53 Å². The number of carbonyl (C=O) groups is 1. The van der Waals surface area contributed by atoms with E-state index in [0.717, 1.165) is 43.2 Å². The van der Waals surface area contributed by atoms with Gasteiger partial charge in [0.15, 0.2) is 0 Å². The quantitative estimate of drug-likeness (QED) is 0.652. The van der Waals surface area contributed by atoms with Gasteiger partial charge in [-0.1, -0.05) is 30.3 Å². The summed E-state index contributed by atoms with van der Waals surface area (Å²) in [6, 6.07) is 20.5. The summed E-state index contributed by atoms with van der Waals surface area (Å²) in [4.78, 5) is 17.5. The molecule has 1 aliphatic heterocycles. The number of carbonyl (C=O) groups excluding carboxylic acids is 1. The summed E-state index contributed by atoms with van der Waals surface area (Å²) in [5, 5.41) is 4.55. The molecular weight excluding hydrogens is 376 g/mol. The maximum Gasteiger partial charge on any atom is 0.272 e. The first kappa shape index (κ1) is 20.2. The Morgan fingerprint density at radius 2 is 1.67 bits per heavy atom. The summed E-state index contributed by atoms with van der Waals surface area (Å²) in [7, 11) is 3.47. The highest BCUT2D eigenvalue weighted by Crippen LogP contribution is 2.24. The Kier molecular flexibility index (Phi) is 5.86. The van der Waals surface area contributed by atoms with Crippen molar-refractivity contribution in [2.45, 2.75) is 13.0 Å². The van der Waals surface area contributed by atoms with Crippen LogP contribution in [0.5, 0.6) is 5.75 Å². The highest BCUT2D eigenvalue weighted by Gasteiger charge is 2.27. The second-order valence-corrected chi connectivity index (χ2v) is 7.68. The van der Waals surface area contributed by atoms with Crippen molar-refractivity contribution in [1.29, 1.82) is 0 Å². The van der Waals surface area contributed by atoms with Crippen LogP contribution in [-0.2, 0) is 7.05 Å². The van der Waals surface area contributed by atoms with Crippen LogP contribution in [0.1, 0.15) is 29.0 Å². The maximum absolute atomic E-state index is 13.1. The number of ether oxygens (including phenoxy) is 1. The van der Waals surface area contributed by atoms with Crippen molar-refractivity contribution in [2.24, 2.45) is 7.05 Å². The lowest BCUT2D eigenvalue weighted by Gasteiger charge is -2.38. The third kappa shape index (κ3) is 4.09. The Labute approximate surface area is 177 Å². The lowest BCUT2D eigenvalue weighted by atomic mass is 10.1. The van der Waals surface area contributed by atoms with E-state index in [2.05, 4.69) is 41.2 Å². The largest absolute Gasteiger partial charge is 0.497 e. The predicted molar refractivity (Wildman–Crippen MR) is 118 cm³/mol. The van der Waals surface area contributed by atoms with E-state index < -0.39 is 0 Å². The molecule has 0 radical (unpaired) electrons. The normalized spacial score (nSPS) is 15.8. The number of aromatic nitrogens is 2. The molecule has 1 aromatic heterocycles. The van der Waals surface area contributed by atoms with E-state index in [1.165, 1.54) is 5.56 Å². The second-order valence-electron chi connectivity index (χ2n) is 7.68. The fourth-order valence-corrected chi connectivity index (χ4v) is 3.99. The first-order valence-electron chi connectivity index (χ1n) is 10.3. The lowest BCUT2D eigenvalue weighted by molar-refractivity contribution is 0.0572. The summed E-state index contributed by atoms with van der Waals surface area (Å²) in [5.74, 6) is 0.838. The van der Waals surface area contributed by atoms with E-state index in [4.69, 9.17) is 4.74 Å². The summed E-state index contributed by atoms with van der Waals surface area (Å²) in [5.41, 5.74) is 3.69. The zero-order valence-electron chi connectivity index (χ0n) is 17.8. The molecule has 0 spiro atoms. The van der Waals surface area contributed by atoms with Gasteiger partial charge in [-0.15, -0.1) is 0 Å². The second kappa shape index (κ2) is 8.71. The van der Waals surface area contributed by atoms with Gasteiger partial charge in [0.25, 0.3) is 5.91 Å². The Bertz CT molecular complexity index is 990. The number of nitrogens with zero attached hydrogens (tertiary/aromatic N) is 4. The minimum Gasteiger partial charge on any atom is -0.497 e. The summed E-state index contributed by atoms with van der Waals surface area (Å²) >= 11 is 0. The van der Waals surface area contributed by atoms with Crippen LogP contribution in [0.15, 0.2) is 60.7 Å². The van der Waals surface area contributed by atoms with E-state index in [0.29, 0.717) is 11.7 Å². The van der Waals surface area contributed by atoms with Crippen molar-refractivity contribution in [2.75, 3.05) is 33.3 Å². The number of amides is 1.